The average Bonchev–Trinajstić information content (AvgIpc) is 3.62. The van der Waals surface area contributed by atoms with Crippen LogP contribution in [-0.4, -0.2) is 59.8 Å². The summed E-state index contributed by atoms with van der Waals surface area (Å²) >= 11 is 5.92. The van der Waals surface area contributed by atoms with Crippen molar-refractivity contribution in [3.63, 3.8) is 0 Å². The molecule has 1 aromatic carbocycles. The number of nitrogens with zero attached hydrogens (tertiary/aromatic N) is 2. The number of carbonyl (C=O) groups excluding carboxylic acids is 1. The van der Waals surface area contributed by atoms with Gasteiger partial charge in [0.1, 0.15) is 16.7 Å². The molecule has 1 aliphatic heterocycles. The molecule has 0 bridgehead atoms. The number of alkyl halides is 2. The van der Waals surface area contributed by atoms with Crippen molar-refractivity contribution in [1.82, 2.24) is 14.6 Å². The van der Waals surface area contributed by atoms with E-state index in [1.807, 2.05) is 0 Å². The monoisotopic (exact) mass is 594 g/mol. The molecule has 214 valence electrons. The number of halogens is 5. The number of carbonyl (C=O) groups is 1. The first-order valence-electron chi connectivity index (χ1n) is 11.9. The molecular weight excluding hydrogens is 568 g/mol. The highest BCUT2D eigenvalue weighted by molar-refractivity contribution is 7.90. The summed E-state index contributed by atoms with van der Waals surface area (Å²) in [5, 5.41) is -1.11. The zero-order valence-corrected chi connectivity index (χ0v) is 22.8. The van der Waals surface area contributed by atoms with Gasteiger partial charge in [0.2, 0.25) is 15.9 Å². The van der Waals surface area contributed by atoms with Gasteiger partial charge in [-0.05, 0) is 51.7 Å². The molecule has 9 nitrogen and oxygen atoms in total. The Morgan fingerprint density at radius 2 is 1.95 bits per heavy atom. The quantitative estimate of drug-likeness (QED) is 0.448. The van der Waals surface area contributed by atoms with Gasteiger partial charge in [0, 0.05) is 6.07 Å². The minimum absolute atomic E-state index is 0.175. The number of pyridine rings is 1. The number of nitrogen functional groups attached to an aromatic ring is 1. The fraction of sp³-hybridized carbons (Fsp3) is 0.500. The molecule has 2 aliphatic rings. The number of hydrogen-bond acceptors (Lipinski definition) is 7. The predicted molar refractivity (Wildman–Crippen MR) is 134 cm³/mol. The maximum absolute atomic E-state index is 15.6. The predicted octanol–water partition coefficient (Wildman–Crippen LogP) is 4.64. The number of likely N-dealkylation sites (tertiary alicyclic amines) is 1. The summed E-state index contributed by atoms with van der Waals surface area (Å²) in [6.07, 6.45) is -0.979. The van der Waals surface area contributed by atoms with Crippen LogP contribution < -0.4 is 15.2 Å². The van der Waals surface area contributed by atoms with E-state index in [4.69, 9.17) is 26.8 Å². The maximum Gasteiger partial charge on any atom is 0.410 e. The average molecular weight is 595 g/mol. The third kappa shape index (κ3) is 6.49. The molecule has 39 heavy (non-hydrogen) atoms. The van der Waals surface area contributed by atoms with Gasteiger partial charge in [-0.3, -0.25) is 4.90 Å². The number of amides is 1. The zero-order valence-electron chi connectivity index (χ0n) is 21.2. The Balaban J connectivity index is 1.68. The number of benzene rings is 1. The molecule has 2 heterocycles. The summed E-state index contributed by atoms with van der Waals surface area (Å²) in [5.74, 6) is -6.98. The van der Waals surface area contributed by atoms with Crippen LogP contribution in [-0.2, 0) is 21.2 Å². The van der Waals surface area contributed by atoms with Crippen LogP contribution in [0.4, 0.5) is 28.2 Å². The van der Waals surface area contributed by atoms with Crippen LogP contribution in [0, 0.1) is 11.6 Å². The van der Waals surface area contributed by atoms with Crippen molar-refractivity contribution in [2.45, 2.75) is 68.9 Å². The van der Waals surface area contributed by atoms with Crippen LogP contribution in [0.3, 0.4) is 0 Å². The first kappa shape index (κ1) is 29.2. The lowest BCUT2D eigenvalue weighted by atomic mass is 9.98. The standard InChI is InChI=1S/C24H27ClF4N4O5S/c1-23(2,3)38-22(34)33-11-24(28,29)19(32-39(35,36)13-7-8-13)16(33)9-12-5-4-6-17(18(12)27)37-21-14(25)10-15(26)20(30)31-21/h4-6,10,13,16,19,32H,7-9,11H2,1-3H3,(H2,30,31)/t16-,19+/m0/s1. The Morgan fingerprint density at radius 1 is 1.28 bits per heavy atom. The Morgan fingerprint density at radius 3 is 2.56 bits per heavy atom. The van der Waals surface area contributed by atoms with Crippen LogP contribution >= 0.6 is 11.6 Å². The topological polar surface area (TPSA) is 124 Å². The van der Waals surface area contributed by atoms with E-state index in [2.05, 4.69) is 9.71 Å². The van der Waals surface area contributed by atoms with Gasteiger partial charge in [-0.1, -0.05) is 23.7 Å². The van der Waals surface area contributed by atoms with Crippen molar-refractivity contribution in [3.05, 3.63) is 46.5 Å². The SMILES string of the molecule is CC(C)(C)OC(=O)N1CC(F)(F)[C@H](NS(=O)(=O)C2CC2)[C@@H]1Cc1cccc(Oc2nc(N)c(F)cc2Cl)c1F. The van der Waals surface area contributed by atoms with E-state index >= 15 is 13.2 Å². The summed E-state index contributed by atoms with van der Waals surface area (Å²) in [7, 11) is -4.11. The number of nitrogens with one attached hydrogen (secondary N) is 1. The molecule has 1 amide bonds. The zero-order chi connectivity index (χ0) is 28.9. The van der Waals surface area contributed by atoms with Gasteiger partial charge in [0.05, 0.1) is 17.8 Å². The fourth-order valence-corrected chi connectivity index (χ4v) is 5.94. The summed E-state index contributed by atoms with van der Waals surface area (Å²) in [4.78, 5) is 17.3. The molecule has 0 spiro atoms. The molecule has 1 saturated carbocycles. The Labute approximate surface area is 227 Å². The molecule has 0 unspecified atom stereocenters. The van der Waals surface area contributed by atoms with Crippen molar-refractivity contribution in [1.29, 1.82) is 0 Å². The van der Waals surface area contributed by atoms with Gasteiger partial charge in [0.25, 0.3) is 5.92 Å². The smallest absolute Gasteiger partial charge is 0.410 e. The van der Waals surface area contributed by atoms with Crippen molar-refractivity contribution >= 4 is 33.5 Å². The lowest BCUT2D eigenvalue weighted by molar-refractivity contribution is -0.0123. The summed E-state index contributed by atoms with van der Waals surface area (Å²) < 4.78 is 97.6. The van der Waals surface area contributed by atoms with Crippen LogP contribution in [0.2, 0.25) is 5.02 Å². The first-order valence-corrected chi connectivity index (χ1v) is 13.9. The summed E-state index contributed by atoms with van der Waals surface area (Å²) in [5.41, 5.74) is 4.22. The van der Waals surface area contributed by atoms with Gasteiger partial charge >= 0.3 is 6.09 Å². The second-order valence-corrected chi connectivity index (χ2v) is 12.9. The number of anilines is 1. The number of hydrogen-bond donors (Lipinski definition) is 2. The van der Waals surface area contributed by atoms with E-state index < -0.39 is 87.0 Å². The van der Waals surface area contributed by atoms with Crippen molar-refractivity contribution < 1.29 is 40.2 Å². The lowest BCUT2D eigenvalue weighted by Crippen LogP contribution is -2.53. The number of rotatable bonds is 7. The fourth-order valence-electron chi connectivity index (χ4n) is 4.13. The van der Waals surface area contributed by atoms with E-state index in [1.165, 1.54) is 18.2 Å². The summed E-state index contributed by atoms with van der Waals surface area (Å²) in [6.45, 7) is 3.49. The second-order valence-electron chi connectivity index (χ2n) is 10.5. The molecule has 2 fully saturated rings. The summed E-state index contributed by atoms with van der Waals surface area (Å²) in [6, 6.07) is 1.08. The molecule has 1 aromatic heterocycles. The Hall–Kier alpha value is -2.84. The number of sulfonamides is 1. The van der Waals surface area contributed by atoms with Crippen LogP contribution in [0.5, 0.6) is 11.6 Å². The van der Waals surface area contributed by atoms with Crippen molar-refractivity contribution in [3.8, 4) is 11.6 Å². The Bertz CT molecular complexity index is 1390. The third-order valence-corrected chi connectivity index (χ3v) is 8.31. The van der Waals surface area contributed by atoms with Gasteiger partial charge in [-0.15, -0.1) is 0 Å². The normalized spacial score (nSPS) is 21.2. The molecule has 15 heteroatoms. The van der Waals surface area contributed by atoms with Gasteiger partial charge < -0.3 is 15.2 Å². The molecule has 0 radical (unpaired) electrons. The molecule has 2 aromatic rings. The molecule has 4 rings (SSSR count). The van der Waals surface area contributed by atoms with Crippen LogP contribution in [0.25, 0.3) is 0 Å². The van der Waals surface area contributed by atoms with Gasteiger partial charge in [-0.25, -0.2) is 35.5 Å². The minimum atomic E-state index is -4.11. The van der Waals surface area contributed by atoms with E-state index in [1.54, 1.807) is 20.8 Å². The van der Waals surface area contributed by atoms with Crippen LogP contribution in [0.15, 0.2) is 24.3 Å². The molecule has 2 atom stereocenters. The number of nitrogens with two attached hydrogens (primary N) is 1. The van der Waals surface area contributed by atoms with Crippen LogP contribution in [0.1, 0.15) is 39.2 Å². The van der Waals surface area contributed by atoms with Gasteiger partial charge in [-0.2, -0.15) is 4.98 Å². The van der Waals surface area contributed by atoms with Crippen molar-refractivity contribution in [2.75, 3.05) is 12.3 Å². The first-order chi connectivity index (χ1) is 18.0. The highest BCUT2D eigenvalue weighted by atomic mass is 35.5. The second kappa shape index (κ2) is 10.3. The van der Waals surface area contributed by atoms with Gasteiger partial charge in [0.15, 0.2) is 23.2 Å². The highest BCUT2D eigenvalue weighted by Crippen LogP contribution is 2.39. The maximum atomic E-state index is 15.6. The van der Waals surface area contributed by atoms with E-state index in [9.17, 15) is 17.6 Å². The Kier molecular flexibility index (Phi) is 7.69. The third-order valence-electron chi connectivity index (χ3n) is 6.11. The molecule has 1 saturated heterocycles. The largest absolute Gasteiger partial charge is 0.444 e. The highest BCUT2D eigenvalue weighted by Gasteiger charge is 2.59. The van der Waals surface area contributed by atoms with E-state index in [-0.39, 0.29) is 10.6 Å². The van der Waals surface area contributed by atoms with E-state index in [0.717, 1.165) is 6.07 Å². The number of ether oxygens (including phenoxy) is 2. The molecule has 1 aliphatic carbocycles. The number of aromatic nitrogens is 1. The molecular formula is C24H27ClF4N4O5S. The lowest BCUT2D eigenvalue weighted by Gasteiger charge is -2.30. The van der Waals surface area contributed by atoms with E-state index in [0.29, 0.717) is 17.7 Å². The molecule has 3 N–H and O–H groups in total. The van der Waals surface area contributed by atoms with Crippen molar-refractivity contribution in [2.24, 2.45) is 0 Å². The minimum Gasteiger partial charge on any atom is -0.444 e.